The first-order valence-electron chi connectivity index (χ1n) is 10.0. The summed E-state index contributed by atoms with van der Waals surface area (Å²) in [6.07, 6.45) is 6.03. The topological polar surface area (TPSA) is 67.6 Å². The van der Waals surface area contributed by atoms with E-state index in [4.69, 9.17) is 9.15 Å². The minimum absolute atomic E-state index is 0.0213. The second kappa shape index (κ2) is 8.92. The molecule has 1 N–H and O–H groups in total. The van der Waals surface area contributed by atoms with Gasteiger partial charge in [-0.2, -0.15) is 0 Å². The number of nitrogens with zero attached hydrogens (tertiary/aromatic N) is 2. The van der Waals surface area contributed by atoms with Crippen molar-refractivity contribution in [2.24, 2.45) is 0 Å². The third kappa shape index (κ3) is 4.66. The predicted octanol–water partition coefficient (Wildman–Crippen LogP) is 4.63. The number of aryl methyl sites for hydroxylation is 1. The lowest BCUT2D eigenvalue weighted by Gasteiger charge is -2.23. The number of benzene rings is 1. The molecule has 6 heteroatoms. The van der Waals surface area contributed by atoms with Crippen molar-refractivity contribution >= 4 is 11.6 Å². The molecule has 0 unspecified atom stereocenters. The Labute approximate surface area is 170 Å². The first-order valence-corrected chi connectivity index (χ1v) is 10.0. The molecule has 1 aliphatic rings. The van der Waals surface area contributed by atoms with Crippen molar-refractivity contribution in [1.82, 2.24) is 9.88 Å². The quantitative estimate of drug-likeness (QED) is 0.636. The Kier molecular flexibility index (Phi) is 5.91. The highest BCUT2D eigenvalue weighted by molar-refractivity contribution is 5.96. The summed E-state index contributed by atoms with van der Waals surface area (Å²) in [5.74, 6) is 3.08. The van der Waals surface area contributed by atoms with Gasteiger partial charge in [0.05, 0.1) is 24.5 Å². The lowest BCUT2D eigenvalue weighted by atomic mass is 10.2. The van der Waals surface area contributed by atoms with Crippen LogP contribution in [0.25, 0.3) is 0 Å². The molecule has 150 valence electrons. The SMILES string of the molecule is CCc1ccc(CN2CCC[C@@H]2C(=O)Nc2ccccc2Oc2cccnc2)o1. The number of carbonyl (C=O) groups excluding carboxylic acids is 1. The molecule has 3 aromatic rings. The Morgan fingerprint density at radius 3 is 2.86 bits per heavy atom. The Morgan fingerprint density at radius 1 is 1.21 bits per heavy atom. The fraction of sp³-hybridized carbons (Fsp3) is 0.304. The van der Waals surface area contributed by atoms with E-state index in [-0.39, 0.29) is 11.9 Å². The van der Waals surface area contributed by atoms with Crippen LogP contribution in [0.1, 0.15) is 31.3 Å². The Morgan fingerprint density at radius 2 is 2.07 bits per heavy atom. The summed E-state index contributed by atoms with van der Waals surface area (Å²) < 4.78 is 11.7. The standard InChI is InChI=1S/C23H25N3O3/c1-2-17-11-12-19(28-17)16-26-14-6-9-21(26)23(27)25-20-8-3-4-10-22(20)29-18-7-5-13-24-15-18/h3-5,7-8,10-13,15,21H,2,6,9,14,16H2,1H3,(H,25,27)/t21-/m1/s1. The molecule has 0 bridgehead atoms. The van der Waals surface area contributed by atoms with Crippen LogP contribution in [0.4, 0.5) is 5.69 Å². The maximum absolute atomic E-state index is 13.0. The van der Waals surface area contributed by atoms with Crippen molar-refractivity contribution in [3.05, 3.63) is 72.4 Å². The van der Waals surface area contributed by atoms with Gasteiger partial charge >= 0.3 is 0 Å². The number of amides is 1. The van der Waals surface area contributed by atoms with Crippen LogP contribution >= 0.6 is 0 Å². The smallest absolute Gasteiger partial charge is 0.241 e. The number of carbonyl (C=O) groups is 1. The van der Waals surface area contributed by atoms with E-state index in [9.17, 15) is 4.79 Å². The lowest BCUT2D eigenvalue weighted by Crippen LogP contribution is -2.39. The van der Waals surface area contributed by atoms with Gasteiger partial charge in [-0.05, 0) is 55.8 Å². The molecule has 29 heavy (non-hydrogen) atoms. The molecule has 3 heterocycles. The van der Waals surface area contributed by atoms with E-state index in [1.165, 1.54) is 0 Å². The molecule has 6 nitrogen and oxygen atoms in total. The van der Waals surface area contributed by atoms with E-state index in [1.54, 1.807) is 12.4 Å². The summed E-state index contributed by atoms with van der Waals surface area (Å²) in [7, 11) is 0. The van der Waals surface area contributed by atoms with Crippen LogP contribution in [0.3, 0.4) is 0 Å². The minimum atomic E-state index is -0.184. The zero-order chi connectivity index (χ0) is 20.1. The fourth-order valence-corrected chi connectivity index (χ4v) is 3.62. The molecule has 4 rings (SSSR count). The van der Waals surface area contributed by atoms with Crippen molar-refractivity contribution < 1.29 is 13.9 Å². The van der Waals surface area contributed by atoms with Gasteiger partial charge in [-0.25, -0.2) is 0 Å². The number of hydrogen-bond acceptors (Lipinski definition) is 5. The molecule has 0 spiro atoms. The third-order valence-electron chi connectivity index (χ3n) is 5.10. The van der Waals surface area contributed by atoms with Gasteiger partial charge in [0.2, 0.25) is 5.91 Å². The average Bonchev–Trinajstić information content (AvgIpc) is 3.40. The van der Waals surface area contributed by atoms with E-state index < -0.39 is 0 Å². The van der Waals surface area contributed by atoms with E-state index in [0.717, 1.165) is 37.3 Å². The molecule has 1 aromatic carbocycles. The normalized spacial score (nSPS) is 16.7. The molecule has 1 atom stereocenters. The summed E-state index contributed by atoms with van der Waals surface area (Å²) >= 11 is 0. The number of furan rings is 1. The van der Waals surface area contributed by atoms with E-state index in [2.05, 4.69) is 22.1 Å². The van der Waals surface area contributed by atoms with Crippen LogP contribution in [-0.2, 0) is 17.8 Å². The molecular weight excluding hydrogens is 366 g/mol. The lowest BCUT2D eigenvalue weighted by molar-refractivity contribution is -0.120. The van der Waals surface area contributed by atoms with E-state index in [0.29, 0.717) is 23.7 Å². The third-order valence-corrected chi connectivity index (χ3v) is 5.10. The maximum Gasteiger partial charge on any atom is 0.241 e. The Balaban J connectivity index is 1.44. The number of nitrogens with one attached hydrogen (secondary N) is 1. The number of anilines is 1. The molecule has 1 saturated heterocycles. The zero-order valence-electron chi connectivity index (χ0n) is 16.5. The van der Waals surface area contributed by atoms with Gasteiger partial charge in [0.25, 0.3) is 0 Å². The van der Waals surface area contributed by atoms with Gasteiger partial charge in [-0.1, -0.05) is 19.1 Å². The van der Waals surface area contributed by atoms with Crippen molar-refractivity contribution in [3.63, 3.8) is 0 Å². The van der Waals surface area contributed by atoms with Crippen molar-refractivity contribution in [3.8, 4) is 11.5 Å². The van der Waals surface area contributed by atoms with Crippen LogP contribution in [0, 0.1) is 0 Å². The molecule has 0 aliphatic carbocycles. The second-order valence-corrected chi connectivity index (χ2v) is 7.13. The summed E-state index contributed by atoms with van der Waals surface area (Å²) in [4.78, 5) is 19.3. The zero-order valence-corrected chi connectivity index (χ0v) is 16.5. The van der Waals surface area contributed by atoms with Gasteiger partial charge in [-0.15, -0.1) is 0 Å². The summed E-state index contributed by atoms with van der Waals surface area (Å²) in [6, 6.07) is 14.9. The van der Waals surface area contributed by atoms with Crippen molar-refractivity contribution in [2.75, 3.05) is 11.9 Å². The van der Waals surface area contributed by atoms with Gasteiger partial charge in [0, 0.05) is 12.6 Å². The number of ether oxygens (including phenoxy) is 1. The highest BCUT2D eigenvalue weighted by Crippen LogP contribution is 2.30. The highest BCUT2D eigenvalue weighted by atomic mass is 16.5. The monoisotopic (exact) mass is 391 g/mol. The number of para-hydroxylation sites is 2. The fourth-order valence-electron chi connectivity index (χ4n) is 3.62. The maximum atomic E-state index is 13.0. The van der Waals surface area contributed by atoms with Gasteiger partial charge < -0.3 is 14.5 Å². The number of pyridine rings is 1. The minimum Gasteiger partial charge on any atom is -0.465 e. The number of aromatic nitrogens is 1. The number of rotatable bonds is 7. The molecule has 2 aromatic heterocycles. The molecular formula is C23H25N3O3. The van der Waals surface area contributed by atoms with Crippen LogP contribution in [0.15, 0.2) is 65.3 Å². The van der Waals surface area contributed by atoms with E-state index in [1.807, 2.05) is 48.5 Å². The number of likely N-dealkylation sites (tertiary alicyclic amines) is 1. The largest absolute Gasteiger partial charge is 0.465 e. The van der Waals surface area contributed by atoms with Crippen molar-refractivity contribution in [1.29, 1.82) is 0 Å². The van der Waals surface area contributed by atoms with Crippen LogP contribution in [0.5, 0.6) is 11.5 Å². The average molecular weight is 391 g/mol. The molecule has 1 aliphatic heterocycles. The second-order valence-electron chi connectivity index (χ2n) is 7.13. The molecule has 1 fully saturated rings. The first-order chi connectivity index (χ1) is 14.2. The van der Waals surface area contributed by atoms with Crippen LogP contribution in [-0.4, -0.2) is 28.4 Å². The summed E-state index contributed by atoms with van der Waals surface area (Å²) in [5.41, 5.74) is 0.652. The highest BCUT2D eigenvalue weighted by Gasteiger charge is 2.31. The van der Waals surface area contributed by atoms with Crippen LogP contribution < -0.4 is 10.1 Å². The van der Waals surface area contributed by atoms with Crippen molar-refractivity contribution in [2.45, 2.75) is 38.8 Å². The Bertz CT molecular complexity index is 955. The number of hydrogen-bond donors (Lipinski definition) is 1. The molecule has 1 amide bonds. The summed E-state index contributed by atoms with van der Waals surface area (Å²) in [6.45, 7) is 3.60. The van der Waals surface area contributed by atoms with E-state index >= 15 is 0 Å². The van der Waals surface area contributed by atoms with Gasteiger partial charge in [0.1, 0.15) is 17.3 Å². The van der Waals surface area contributed by atoms with Crippen LogP contribution in [0.2, 0.25) is 0 Å². The summed E-state index contributed by atoms with van der Waals surface area (Å²) in [5, 5.41) is 3.05. The first kappa shape index (κ1) is 19.2. The molecule has 0 saturated carbocycles. The van der Waals surface area contributed by atoms with Gasteiger partial charge in [0.15, 0.2) is 5.75 Å². The molecule has 0 radical (unpaired) electrons. The van der Waals surface area contributed by atoms with Gasteiger partial charge in [-0.3, -0.25) is 14.7 Å². The predicted molar refractivity (Wildman–Crippen MR) is 111 cm³/mol. The Hall–Kier alpha value is -3.12.